The van der Waals surface area contributed by atoms with Crippen molar-refractivity contribution in [1.29, 1.82) is 0 Å². The summed E-state index contributed by atoms with van der Waals surface area (Å²) < 4.78 is 0. The summed E-state index contributed by atoms with van der Waals surface area (Å²) in [5.74, 6) is 2.17. The van der Waals surface area contributed by atoms with Gasteiger partial charge >= 0.3 is 0 Å². The van der Waals surface area contributed by atoms with E-state index in [0.29, 0.717) is 17.7 Å². The number of piperidine rings is 1. The topological polar surface area (TPSA) is 20.3 Å². The van der Waals surface area contributed by atoms with Gasteiger partial charge in [-0.2, -0.15) is 0 Å². The number of amides is 1. The Balaban J connectivity index is 1.86. The molecular weight excluding hydrogens is 266 g/mol. The molecule has 0 aromatic rings. The number of hydrogen-bond donors (Lipinski definition) is 0. The molecule has 1 aliphatic heterocycles. The van der Waals surface area contributed by atoms with E-state index < -0.39 is 0 Å². The van der Waals surface area contributed by atoms with E-state index in [4.69, 9.17) is 0 Å². The Morgan fingerprint density at radius 1 is 1.25 bits per heavy atom. The van der Waals surface area contributed by atoms with E-state index in [1.807, 2.05) is 0 Å². The molecule has 2 unspecified atom stereocenters. The molecule has 1 heterocycles. The molecule has 2 nitrogen and oxygen atoms in total. The standard InChI is InChI=1S/C13H22BrNO/c1-10-3-2-4-12(10)13(16)15-7-5-11(9-14)6-8-15/h10-12H,2-9H2,1H3. The molecule has 1 saturated carbocycles. The SMILES string of the molecule is CC1CCCC1C(=O)N1CCC(CBr)CC1. The summed E-state index contributed by atoms with van der Waals surface area (Å²) in [4.78, 5) is 14.4. The van der Waals surface area contributed by atoms with E-state index in [-0.39, 0.29) is 0 Å². The number of nitrogens with zero attached hydrogens (tertiary/aromatic N) is 1. The Morgan fingerprint density at radius 3 is 2.44 bits per heavy atom. The lowest BCUT2D eigenvalue weighted by Gasteiger charge is -2.33. The normalized spacial score (nSPS) is 32.0. The quantitative estimate of drug-likeness (QED) is 0.715. The molecule has 2 fully saturated rings. The summed E-state index contributed by atoms with van der Waals surface area (Å²) in [5, 5.41) is 1.09. The van der Waals surface area contributed by atoms with Crippen LogP contribution in [0.15, 0.2) is 0 Å². The van der Waals surface area contributed by atoms with Gasteiger partial charge in [0, 0.05) is 24.3 Å². The second-order valence-corrected chi connectivity index (χ2v) is 6.09. The van der Waals surface area contributed by atoms with Gasteiger partial charge in [0.1, 0.15) is 0 Å². The van der Waals surface area contributed by atoms with Crippen LogP contribution < -0.4 is 0 Å². The van der Waals surface area contributed by atoms with Gasteiger partial charge in [0.15, 0.2) is 0 Å². The molecule has 0 aromatic carbocycles. The average molecular weight is 288 g/mol. The number of likely N-dealkylation sites (tertiary alicyclic amines) is 1. The van der Waals surface area contributed by atoms with Crippen molar-refractivity contribution in [2.45, 2.75) is 39.0 Å². The molecule has 0 radical (unpaired) electrons. The third-order valence-corrected chi connectivity index (χ3v) is 5.24. The van der Waals surface area contributed by atoms with Crippen LogP contribution in [-0.2, 0) is 4.79 Å². The predicted molar refractivity (Wildman–Crippen MR) is 69.6 cm³/mol. The molecule has 1 saturated heterocycles. The smallest absolute Gasteiger partial charge is 0.225 e. The highest BCUT2D eigenvalue weighted by Crippen LogP contribution is 2.33. The summed E-state index contributed by atoms with van der Waals surface area (Å²) in [7, 11) is 0. The Morgan fingerprint density at radius 2 is 1.94 bits per heavy atom. The number of hydrogen-bond acceptors (Lipinski definition) is 1. The molecule has 3 heteroatoms. The van der Waals surface area contributed by atoms with Gasteiger partial charge in [-0.15, -0.1) is 0 Å². The summed E-state index contributed by atoms with van der Waals surface area (Å²) >= 11 is 3.54. The molecule has 0 aromatic heterocycles. The van der Waals surface area contributed by atoms with Crippen LogP contribution in [0, 0.1) is 17.8 Å². The minimum atomic E-state index is 0.334. The molecule has 92 valence electrons. The number of carbonyl (C=O) groups excluding carboxylic acids is 1. The second kappa shape index (κ2) is 5.52. The second-order valence-electron chi connectivity index (χ2n) is 5.44. The summed E-state index contributed by atoms with van der Waals surface area (Å²) in [6, 6.07) is 0. The van der Waals surface area contributed by atoms with Gasteiger partial charge in [-0.1, -0.05) is 29.3 Å². The van der Waals surface area contributed by atoms with Gasteiger partial charge in [-0.05, 0) is 37.5 Å². The molecule has 2 aliphatic rings. The van der Waals surface area contributed by atoms with E-state index in [0.717, 1.165) is 30.8 Å². The van der Waals surface area contributed by atoms with Crippen LogP contribution in [0.2, 0.25) is 0 Å². The zero-order valence-corrected chi connectivity index (χ0v) is 11.7. The van der Waals surface area contributed by atoms with Gasteiger partial charge in [-0.25, -0.2) is 0 Å². The van der Waals surface area contributed by atoms with Crippen molar-refractivity contribution >= 4 is 21.8 Å². The lowest BCUT2D eigenvalue weighted by Crippen LogP contribution is -2.42. The lowest BCUT2D eigenvalue weighted by atomic mass is 9.93. The number of halogens is 1. The predicted octanol–water partition coefficient (Wildman–Crippen LogP) is 3.06. The van der Waals surface area contributed by atoms with Crippen molar-refractivity contribution < 1.29 is 4.79 Å². The highest BCUT2D eigenvalue weighted by atomic mass is 79.9. The summed E-state index contributed by atoms with van der Waals surface area (Å²) in [6.07, 6.45) is 5.97. The van der Waals surface area contributed by atoms with Crippen LogP contribution in [0.3, 0.4) is 0 Å². The van der Waals surface area contributed by atoms with Crippen LogP contribution in [0.25, 0.3) is 0 Å². The van der Waals surface area contributed by atoms with Gasteiger partial charge in [-0.3, -0.25) is 4.79 Å². The third kappa shape index (κ3) is 2.61. The first-order valence-electron chi connectivity index (χ1n) is 6.57. The Labute approximate surface area is 107 Å². The summed E-state index contributed by atoms with van der Waals surface area (Å²) in [5.41, 5.74) is 0. The first-order chi connectivity index (χ1) is 7.72. The number of rotatable bonds is 2. The van der Waals surface area contributed by atoms with Gasteiger partial charge in [0.2, 0.25) is 5.91 Å². The molecule has 0 spiro atoms. The maximum atomic E-state index is 12.3. The van der Waals surface area contributed by atoms with E-state index in [2.05, 4.69) is 27.8 Å². The molecular formula is C13H22BrNO. The monoisotopic (exact) mass is 287 g/mol. The van der Waals surface area contributed by atoms with Crippen LogP contribution in [-0.4, -0.2) is 29.2 Å². The highest BCUT2D eigenvalue weighted by Gasteiger charge is 2.33. The first kappa shape index (κ1) is 12.4. The van der Waals surface area contributed by atoms with Crippen LogP contribution >= 0.6 is 15.9 Å². The van der Waals surface area contributed by atoms with Crippen LogP contribution in [0.1, 0.15) is 39.0 Å². The lowest BCUT2D eigenvalue weighted by molar-refractivity contribution is -0.137. The largest absolute Gasteiger partial charge is 0.342 e. The van der Waals surface area contributed by atoms with E-state index in [1.165, 1.54) is 25.7 Å². The molecule has 1 amide bonds. The van der Waals surface area contributed by atoms with Crippen molar-refractivity contribution in [3.8, 4) is 0 Å². The van der Waals surface area contributed by atoms with E-state index in [9.17, 15) is 4.79 Å². The van der Waals surface area contributed by atoms with Crippen molar-refractivity contribution in [3.63, 3.8) is 0 Å². The summed E-state index contributed by atoms with van der Waals surface area (Å²) in [6.45, 7) is 4.21. The number of carbonyl (C=O) groups is 1. The number of alkyl halides is 1. The fraction of sp³-hybridized carbons (Fsp3) is 0.923. The zero-order valence-electron chi connectivity index (χ0n) is 10.1. The van der Waals surface area contributed by atoms with Crippen molar-refractivity contribution in [2.24, 2.45) is 17.8 Å². The molecule has 1 aliphatic carbocycles. The molecule has 16 heavy (non-hydrogen) atoms. The van der Waals surface area contributed by atoms with Gasteiger partial charge in [0.05, 0.1) is 0 Å². The van der Waals surface area contributed by atoms with Gasteiger partial charge < -0.3 is 4.90 Å². The first-order valence-corrected chi connectivity index (χ1v) is 7.69. The molecule has 0 N–H and O–H groups in total. The van der Waals surface area contributed by atoms with E-state index >= 15 is 0 Å². The van der Waals surface area contributed by atoms with Crippen LogP contribution in [0.5, 0.6) is 0 Å². The van der Waals surface area contributed by atoms with Crippen molar-refractivity contribution in [3.05, 3.63) is 0 Å². The molecule has 2 atom stereocenters. The average Bonchev–Trinajstić information content (AvgIpc) is 2.75. The Kier molecular flexibility index (Phi) is 4.28. The van der Waals surface area contributed by atoms with Gasteiger partial charge in [0.25, 0.3) is 0 Å². The third-order valence-electron chi connectivity index (χ3n) is 4.32. The van der Waals surface area contributed by atoms with E-state index in [1.54, 1.807) is 0 Å². The van der Waals surface area contributed by atoms with Crippen LogP contribution in [0.4, 0.5) is 0 Å². The maximum absolute atomic E-state index is 12.3. The fourth-order valence-electron chi connectivity index (χ4n) is 3.05. The fourth-order valence-corrected chi connectivity index (χ4v) is 3.70. The molecule has 2 rings (SSSR count). The minimum absolute atomic E-state index is 0.334. The highest BCUT2D eigenvalue weighted by molar-refractivity contribution is 9.09. The zero-order chi connectivity index (χ0) is 11.5. The Bertz CT molecular complexity index is 248. The minimum Gasteiger partial charge on any atom is -0.342 e. The van der Waals surface area contributed by atoms with Crippen molar-refractivity contribution in [2.75, 3.05) is 18.4 Å². The van der Waals surface area contributed by atoms with Crippen molar-refractivity contribution in [1.82, 2.24) is 4.90 Å². The molecule has 0 bridgehead atoms. The Hall–Kier alpha value is -0.0500. The maximum Gasteiger partial charge on any atom is 0.225 e.